The lowest BCUT2D eigenvalue weighted by molar-refractivity contribution is -0.133. The molecule has 0 aliphatic carbocycles. The van der Waals surface area contributed by atoms with Crippen molar-refractivity contribution >= 4 is 11.9 Å². The first-order chi connectivity index (χ1) is 12.5. The van der Waals surface area contributed by atoms with Crippen LogP contribution in [0, 0.1) is 5.92 Å². The predicted molar refractivity (Wildman–Crippen MR) is 107 cm³/mol. The molecule has 0 spiro atoms. The number of nitrogens with zero attached hydrogens (tertiary/aromatic N) is 4. The normalized spacial score (nSPS) is 22.9. The molecule has 0 bridgehead atoms. The fourth-order valence-electron chi connectivity index (χ4n) is 3.59. The molecule has 2 aliphatic heterocycles. The first kappa shape index (κ1) is 21.0. The molecule has 2 fully saturated rings. The van der Waals surface area contributed by atoms with E-state index in [4.69, 9.17) is 4.99 Å². The summed E-state index contributed by atoms with van der Waals surface area (Å²) in [7, 11) is 0. The maximum absolute atomic E-state index is 12.1. The van der Waals surface area contributed by atoms with E-state index in [1.807, 2.05) is 18.7 Å². The SMILES string of the molecule is CCNC(=NCCN1CCN(CC)CC1)NC1CCN(C(=O)C(C)C)C1. The molecule has 0 radical (unpaired) electrons. The van der Waals surface area contributed by atoms with Gasteiger partial charge in [-0.2, -0.15) is 0 Å². The summed E-state index contributed by atoms with van der Waals surface area (Å²) < 4.78 is 0. The molecular weight excluding hydrogens is 328 g/mol. The van der Waals surface area contributed by atoms with Crippen molar-refractivity contribution in [1.82, 2.24) is 25.3 Å². The van der Waals surface area contributed by atoms with Crippen LogP contribution in [0.2, 0.25) is 0 Å². The van der Waals surface area contributed by atoms with Crippen molar-refractivity contribution in [3.05, 3.63) is 0 Å². The molecule has 0 aromatic carbocycles. The number of nitrogens with one attached hydrogen (secondary N) is 2. The smallest absolute Gasteiger partial charge is 0.225 e. The summed E-state index contributed by atoms with van der Waals surface area (Å²) in [5.41, 5.74) is 0. The van der Waals surface area contributed by atoms with Gasteiger partial charge in [0, 0.05) is 64.3 Å². The molecule has 26 heavy (non-hydrogen) atoms. The number of hydrogen-bond acceptors (Lipinski definition) is 4. The zero-order valence-corrected chi connectivity index (χ0v) is 17.1. The molecule has 1 atom stereocenters. The monoisotopic (exact) mass is 366 g/mol. The van der Waals surface area contributed by atoms with Gasteiger partial charge in [-0.15, -0.1) is 0 Å². The second-order valence-corrected chi connectivity index (χ2v) is 7.61. The number of piperazine rings is 1. The van der Waals surface area contributed by atoms with Crippen LogP contribution in [-0.2, 0) is 4.79 Å². The highest BCUT2D eigenvalue weighted by Crippen LogP contribution is 2.12. The molecule has 2 heterocycles. The van der Waals surface area contributed by atoms with Gasteiger partial charge in [0.2, 0.25) is 5.91 Å². The van der Waals surface area contributed by atoms with Gasteiger partial charge < -0.3 is 20.4 Å². The Balaban J connectivity index is 1.75. The summed E-state index contributed by atoms with van der Waals surface area (Å²) in [4.78, 5) is 23.9. The van der Waals surface area contributed by atoms with Crippen molar-refractivity contribution in [2.75, 3.05) is 65.4 Å². The minimum atomic E-state index is 0.0730. The van der Waals surface area contributed by atoms with Crippen LogP contribution in [0.15, 0.2) is 4.99 Å². The lowest BCUT2D eigenvalue weighted by atomic mass is 10.2. The quantitative estimate of drug-likeness (QED) is 0.506. The van der Waals surface area contributed by atoms with Crippen LogP contribution < -0.4 is 10.6 Å². The number of likely N-dealkylation sites (N-methyl/N-ethyl adjacent to an activating group) is 1. The first-order valence-corrected chi connectivity index (χ1v) is 10.3. The Morgan fingerprint density at radius 3 is 2.42 bits per heavy atom. The number of aliphatic imine (C=N–C) groups is 1. The maximum Gasteiger partial charge on any atom is 0.225 e. The average Bonchev–Trinajstić information content (AvgIpc) is 3.10. The van der Waals surface area contributed by atoms with E-state index in [1.54, 1.807) is 0 Å². The number of carbonyl (C=O) groups is 1. The standard InChI is InChI=1S/C19H38N6O/c1-5-20-19(21-8-10-24-13-11-23(6-2)12-14-24)22-17-7-9-25(15-17)18(26)16(3)4/h16-17H,5-15H2,1-4H3,(H2,20,21,22). The molecule has 0 aromatic heterocycles. The summed E-state index contributed by atoms with van der Waals surface area (Å²) in [5.74, 6) is 1.20. The van der Waals surface area contributed by atoms with Gasteiger partial charge in [0.25, 0.3) is 0 Å². The van der Waals surface area contributed by atoms with E-state index in [-0.39, 0.29) is 11.8 Å². The van der Waals surface area contributed by atoms with Crippen molar-refractivity contribution in [3.63, 3.8) is 0 Å². The third-order valence-electron chi connectivity index (χ3n) is 5.28. The summed E-state index contributed by atoms with van der Waals surface area (Å²) in [6.07, 6.45) is 0.988. The molecule has 7 nitrogen and oxygen atoms in total. The third-order valence-corrected chi connectivity index (χ3v) is 5.28. The van der Waals surface area contributed by atoms with Gasteiger partial charge >= 0.3 is 0 Å². The second kappa shape index (κ2) is 10.7. The van der Waals surface area contributed by atoms with Gasteiger partial charge in [0.1, 0.15) is 0 Å². The Bertz CT molecular complexity index is 459. The maximum atomic E-state index is 12.1. The van der Waals surface area contributed by atoms with Crippen LogP contribution in [0.25, 0.3) is 0 Å². The van der Waals surface area contributed by atoms with Gasteiger partial charge in [-0.05, 0) is 19.9 Å². The van der Waals surface area contributed by atoms with Crippen LogP contribution in [0.5, 0.6) is 0 Å². The van der Waals surface area contributed by atoms with E-state index in [9.17, 15) is 4.79 Å². The Kier molecular flexibility index (Phi) is 8.65. The molecule has 0 aromatic rings. The minimum absolute atomic E-state index is 0.0730. The summed E-state index contributed by atoms with van der Waals surface area (Å²) in [6.45, 7) is 18.3. The molecule has 7 heteroatoms. The topological polar surface area (TPSA) is 63.2 Å². The Morgan fingerprint density at radius 2 is 1.81 bits per heavy atom. The summed E-state index contributed by atoms with van der Waals surface area (Å²) in [6, 6.07) is 0.295. The average molecular weight is 367 g/mol. The summed E-state index contributed by atoms with van der Waals surface area (Å²) in [5, 5.41) is 6.85. The largest absolute Gasteiger partial charge is 0.357 e. The number of carbonyl (C=O) groups excluding carboxylic acids is 1. The number of amides is 1. The van der Waals surface area contributed by atoms with Crippen molar-refractivity contribution in [3.8, 4) is 0 Å². The van der Waals surface area contributed by atoms with Crippen LogP contribution in [-0.4, -0.2) is 98.1 Å². The molecule has 2 saturated heterocycles. The van der Waals surface area contributed by atoms with Crippen molar-refractivity contribution < 1.29 is 4.79 Å². The molecule has 0 saturated carbocycles. The second-order valence-electron chi connectivity index (χ2n) is 7.61. The van der Waals surface area contributed by atoms with Crippen LogP contribution in [0.4, 0.5) is 0 Å². The number of likely N-dealkylation sites (tertiary alicyclic amines) is 1. The van der Waals surface area contributed by atoms with E-state index < -0.39 is 0 Å². The Morgan fingerprint density at radius 1 is 1.12 bits per heavy atom. The number of guanidine groups is 1. The highest BCUT2D eigenvalue weighted by molar-refractivity contribution is 5.81. The van der Waals surface area contributed by atoms with E-state index in [0.717, 1.165) is 64.7 Å². The molecule has 150 valence electrons. The van der Waals surface area contributed by atoms with Crippen LogP contribution in [0.3, 0.4) is 0 Å². The molecular formula is C19H38N6O. The highest BCUT2D eigenvalue weighted by atomic mass is 16.2. The van der Waals surface area contributed by atoms with Crippen LogP contribution >= 0.6 is 0 Å². The Hall–Kier alpha value is -1.34. The zero-order valence-electron chi connectivity index (χ0n) is 17.1. The van der Waals surface area contributed by atoms with Crippen molar-refractivity contribution in [1.29, 1.82) is 0 Å². The van der Waals surface area contributed by atoms with Gasteiger partial charge in [-0.1, -0.05) is 20.8 Å². The van der Waals surface area contributed by atoms with E-state index in [0.29, 0.717) is 6.04 Å². The Labute approximate surface area is 159 Å². The molecule has 2 N–H and O–H groups in total. The van der Waals surface area contributed by atoms with Crippen LogP contribution in [0.1, 0.15) is 34.1 Å². The summed E-state index contributed by atoms with van der Waals surface area (Å²) >= 11 is 0. The first-order valence-electron chi connectivity index (χ1n) is 10.3. The molecule has 1 unspecified atom stereocenters. The van der Waals surface area contributed by atoms with E-state index in [2.05, 4.69) is 34.3 Å². The fourth-order valence-corrected chi connectivity index (χ4v) is 3.59. The van der Waals surface area contributed by atoms with Gasteiger partial charge in [-0.3, -0.25) is 14.7 Å². The molecule has 2 rings (SSSR count). The number of hydrogen-bond donors (Lipinski definition) is 2. The minimum Gasteiger partial charge on any atom is -0.357 e. The molecule has 1 amide bonds. The van der Waals surface area contributed by atoms with Gasteiger partial charge in [0.05, 0.1) is 6.54 Å². The third kappa shape index (κ3) is 6.43. The van der Waals surface area contributed by atoms with Gasteiger partial charge in [0.15, 0.2) is 5.96 Å². The fraction of sp³-hybridized carbons (Fsp3) is 0.895. The number of rotatable bonds is 7. The predicted octanol–water partition coefficient (Wildman–Crippen LogP) is 0.436. The van der Waals surface area contributed by atoms with E-state index in [1.165, 1.54) is 13.1 Å². The van der Waals surface area contributed by atoms with E-state index >= 15 is 0 Å². The molecule has 2 aliphatic rings. The lowest BCUT2D eigenvalue weighted by Gasteiger charge is -2.33. The lowest BCUT2D eigenvalue weighted by Crippen LogP contribution is -2.47. The zero-order chi connectivity index (χ0) is 18.9. The highest BCUT2D eigenvalue weighted by Gasteiger charge is 2.28. The van der Waals surface area contributed by atoms with Crippen molar-refractivity contribution in [2.45, 2.75) is 40.2 Å². The van der Waals surface area contributed by atoms with Gasteiger partial charge in [-0.25, -0.2) is 0 Å². The van der Waals surface area contributed by atoms with Crippen molar-refractivity contribution in [2.24, 2.45) is 10.9 Å².